The number of ether oxygens (including phenoxy) is 3. The molecule has 1 aromatic carbocycles. The van der Waals surface area contributed by atoms with Crippen LogP contribution in [0.25, 0.3) is 0 Å². The van der Waals surface area contributed by atoms with E-state index in [-0.39, 0.29) is 19.3 Å². The van der Waals surface area contributed by atoms with E-state index in [1.165, 1.54) is 0 Å². The molecule has 6 heteroatoms. The van der Waals surface area contributed by atoms with Crippen LogP contribution in [0.4, 0.5) is 0 Å². The molecule has 2 rings (SSSR count). The standard InChI is InChI=1S/C14H17NO5/c1-4-18-13(17)14(2,3)15-12(16)9-5-6-10-11(7-9)20-8-19-10/h5-7H,4,8H2,1-3H3,(H,15,16). The van der Waals surface area contributed by atoms with Crippen LogP contribution in [0, 0.1) is 0 Å². The molecule has 1 aromatic rings. The summed E-state index contributed by atoms with van der Waals surface area (Å²) in [7, 11) is 0. The van der Waals surface area contributed by atoms with Gasteiger partial charge in [-0.25, -0.2) is 4.79 Å². The van der Waals surface area contributed by atoms with Gasteiger partial charge in [0.25, 0.3) is 5.91 Å². The molecular weight excluding hydrogens is 262 g/mol. The SMILES string of the molecule is CCOC(=O)C(C)(C)NC(=O)c1ccc2c(c1)OCO2. The Labute approximate surface area is 117 Å². The Hall–Kier alpha value is -2.24. The quantitative estimate of drug-likeness (QED) is 0.845. The first-order valence-corrected chi connectivity index (χ1v) is 6.33. The fourth-order valence-electron chi connectivity index (χ4n) is 1.76. The molecule has 1 amide bonds. The zero-order valence-electron chi connectivity index (χ0n) is 11.7. The maximum absolute atomic E-state index is 12.2. The molecule has 0 aromatic heterocycles. The third kappa shape index (κ3) is 2.84. The van der Waals surface area contributed by atoms with Crippen molar-refractivity contribution in [1.82, 2.24) is 5.32 Å². The molecule has 0 unspecified atom stereocenters. The van der Waals surface area contributed by atoms with E-state index in [4.69, 9.17) is 14.2 Å². The van der Waals surface area contributed by atoms with Crippen molar-refractivity contribution in [3.8, 4) is 11.5 Å². The maximum Gasteiger partial charge on any atom is 0.331 e. The van der Waals surface area contributed by atoms with Crippen LogP contribution in [-0.2, 0) is 9.53 Å². The van der Waals surface area contributed by atoms with Gasteiger partial charge in [-0.05, 0) is 39.0 Å². The normalized spacial score (nSPS) is 12.9. The minimum Gasteiger partial charge on any atom is -0.464 e. The van der Waals surface area contributed by atoms with Crippen LogP contribution < -0.4 is 14.8 Å². The molecule has 0 atom stereocenters. The van der Waals surface area contributed by atoms with Crippen LogP contribution in [0.2, 0.25) is 0 Å². The molecule has 0 aliphatic carbocycles. The van der Waals surface area contributed by atoms with Gasteiger partial charge in [0.05, 0.1) is 6.61 Å². The van der Waals surface area contributed by atoms with Gasteiger partial charge >= 0.3 is 5.97 Å². The average molecular weight is 279 g/mol. The Morgan fingerprint density at radius 1 is 1.30 bits per heavy atom. The largest absolute Gasteiger partial charge is 0.464 e. The number of hydrogen-bond acceptors (Lipinski definition) is 5. The van der Waals surface area contributed by atoms with Gasteiger partial charge in [-0.2, -0.15) is 0 Å². The lowest BCUT2D eigenvalue weighted by atomic mass is 10.0. The number of fused-ring (bicyclic) bond motifs is 1. The molecule has 108 valence electrons. The lowest BCUT2D eigenvalue weighted by Crippen LogP contribution is -2.50. The van der Waals surface area contributed by atoms with Gasteiger partial charge in [-0.3, -0.25) is 4.79 Å². The van der Waals surface area contributed by atoms with Gasteiger partial charge in [0.1, 0.15) is 5.54 Å². The van der Waals surface area contributed by atoms with Gasteiger partial charge in [0, 0.05) is 5.56 Å². The molecule has 20 heavy (non-hydrogen) atoms. The van der Waals surface area contributed by atoms with Crippen LogP contribution in [0.1, 0.15) is 31.1 Å². The number of esters is 1. The summed E-state index contributed by atoms with van der Waals surface area (Å²) in [5, 5.41) is 2.64. The fourth-order valence-corrected chi connectivity index (χ4v) is 1.76. The van der Waals surface area contributed by atoms with E-state index in [0.29, 0.717) is 17.1 Å². The number of hydrogen-bond donors (Lipinski definition) is 1. The van der Waals surface area contributed by atoms with Gasteiger partial charge in [-0.1, -0.05) is 0 Å². The zero-order chi connectivity index (χ0) is 14.8. The average Bonchev–Trinajstić information content (AvgIpc) is 2.85. The maximum atomic E-state index is 12.2. The number of carbonyl (C=O) groups is 2. The van der Waals surface area contributed by atoms with E-state index < -0.39 is 11.5 Å². The number of benzene rings is 1. The zero-order valence-corrected chi connectivity index (χ0v) is 11.7. The topological polar surface area (TPSA) is 73.9 Å². The summed E-state index contributed by atoms with van der Waals surface area (Å²) in [6, 6.07) is 4.86. The first kappa shape index (κ1) is 14.2. The first-order valence-electron chi connectivity index (χ1n) is 6.33. The second-order valence-corrected chi connectivity index (χ2v) is 4.87. The molecule has 0 saturated carbocycles. The summed E-state index contributed by atoms with van der Waals surface area (Å²) >= 11 is 0. The third-order valence-corrected chi connectivity index (χ3v) is 2.85. The van der Waals surface area contributed by atoms with Gasteiger partial charge in [0.2, 0.25) is 6.79 Å². The highest BCUT2D eigenvalue weighted by Gasteiger charge is 2.31. The highest BCUT2D eigenvalue weighted by Crippen LogP contribution is 2.32. The van der Waals surface area contributed by atoms with Crippen LogP contribution in [-0.4, -0.2) is 30.8 Å². The second-order valence-electron chi connectivity index (χ2n) is 4.87. The van der Waals surface area contributed by atoms with Crippen molar-refractivity contribution in [3.05, 3.63) is 23.8 Å². The Balaban J connectivity index is 2.10. The lowest BCUT2D eigenvalue weighted by Gasteiger charge is -2.23. The molecule has 0 saturated heterocycles. The van der Waals surface area contributed by atoms with Crippen molar-refractivity contribution < 1.29 is 23.8 Å². The Kier molecular flexibility index (Phi) is 3.83. The summed E-state index contributed by atoms with van der Waals surface area (Å²) < 4.78 is 15.3. The molecule has 6 nitrogen and oxygen atoms in total. The number of amides is 1. The third-order valence-electron chi connectivity index (χ3n) is 2.85. The molecule has 1 aliphatic rings. The number of carbonyl (C=O) groups excluding carboxylic acids is 2. The monoisotopic (exact) mass is 279 g/mol. The molecule has 1 heterocycles. The first-order chi connectivity index (χ1) is 9.44. The lowest BCUT2D eigenvalue weighted by molar-refractivity contribution is -0.149. The van der Waals surface area contributed by atoms with E-state index in [2.05, 4.69) is 5.32 Å². The summed E-state index contributed by atoms with van der Waals surface area (Å²) in [6.45, 7) is 5.32. The van der Waals surface area contributed by atoms with Crippen molar-refractivity contribution >= 4 is 11.9 Å². The predicted octanol–water partition coefficient (Wildman–Crippen LogP) is 1.49. The molecule has 0 radical (unpaired) electrons. The number of nitrogens with one attached hydrogen (secondary N) is 1. The Morgan fingerprint density at radius 3 is 2.70 bits per heavy atom. The summed E-state index contributed by atoms with van der Waals surface area (Å²) in [5.74, 6) is 0.272. The van der Waals surface area contributed by atoms with E-state index in [1.54, 1.807) is 39.0 Å². The minimum atomic E-state index is -1.09. The van der Waals surface area contributed by atoms with Crippen molar-refractivity contribution in [2.75, 3.05) is 13.4 Å². The smallest absolute Gasteiger partial charge is 0.331 e. The van der Waals surface area contributed by atoms with Crippen molar-refractivity contribution in [2.45, 2.75) is 26.3 Å². The van der Waals surface area contributed by atoms with Crippen molar-refractivity contribution in [1.29, 1.82) is 0 Å². The van der Waals surface area contributed by atoms with Crippen LogP contribution in [0.5, 0.6) is 11.5 Å². The van der Waals surface area contributed by atoms with Crippen LogP contribution in [0.15, 0.2) is 18.2 Å². The van der Waals surface area contributed by atoms with E-state index >= 15 is 0 Å². The highest BCUT2D eigenvalue weighted by atomic mass is 16.7. The van der Waals surface area contributed by atoms with E-state index in [0.717, 1.165) is 0 Å². The minimum absolute atomic E-state index is 0.148. The molecule has 1 aliphatic heterocycles. The van der Waals surface area contributed by atoms with Gasteiger partial charge < -0.3 is 19.5 Å². The number of rotatable bonds is 4. The summed E-state index contributed by atoms with van der Waals surface area (Å²) in [4.78, 5) is 23.9. The van der Waals surface area contributed by atoms with Crippen molar-refractivity contribution in [3.63, 3.8) is 0 Å². The highest BCUT2D eigenvalue weighted by molar-refractivity contribution is 5.98. The Bertz CT molecular complexity index is 538. The summed E-state index contributed by atoms with van der Waals surface area (Å²) in [5.41, 5.74) is -0.699. The second kappa shape index (κ2) is 5.40. The van der Waals surface area contributed by atoms with Gasteiger partial charge in [0.15, 0.2) is 11.5 Å². The van der Waals surface area contributed by atoms with Crippen molar-refractivity contribution in [2.24, 2.45) is 0 Å². The fraction of sp³-hybridized carbons (Fsp3) is 0.429. The predicted molar refractivity (Wildman–Crippen MR) is 70.7 cm³/mol. The van der Waals surface area contributed by atoms with Crippen LogP contribution >= 0.6 is 0 Å². The molecule has 1 N–H and O–H groups in total. The Morgan fingerprint density at radius 2 is 2.00 bits per heavy atom. The molecule has 0 spiro atoms. The van der Waals surface area contributed by atoms with E-state index in [1.807, 2.05) is 0 Å². The molecule has 0 fully saturated rings. The van der Waals surface area contributed by atoms with Crippen LogP contribution in [0.3, 0.4) is 0 Å². The van der Waals surface area contributed by atoms with Gasteiger partial charge in [-0.15, -0.1) is 0 Å². The van der Waals surface area contributed by atoms with E-state index in [9.17, 15) is 9.59 Å². The molecular formula is C14H17NO5. The molecule has 0 bridgehead atoms. The summed E-state index contributed by atoms with van der Waals surface area (Å²) in [6.07, 6.45) is 0.